The van der Waals surface area contributed by atoms with Crippen LogP contribution in [0.2, 0.25) is 0 Å². The summed E-state index contributed by atoms with van der Waals surface area (Å²) in [6.45, 7) is 7.96. The minimum absolute atomic E-state index is 0.851. The zero-order chi connectivity index (χ0) is 29.2. The Morgan fingerprint density at radius 2 is 0.791 bits per heavy atom. The number of fused-ring (bicyclic) bond motifs is 3. The smallest absolute Gasteiger partial charge is 0.135 e. The van der Waals surface area contributed by atoms with E-state index in [2.05, 4.69) is 156 Å². The van der Waals surface area contributed by atoms with Crippen LogP contribution in [0.1, 0.15) is 11.1 Å². The van der Waals surface area contributed by atoms with Crippen molar-refractivity contribution < 1.29 is 4.42 Å². The van der Waals surface area contributed by atoms with Gasteiger partial charge in [0.05, 0.1) is 0 Å². The normalized spacial score (nSPS) is 11.0. The summed E-state index contributed by atoms with van der Waals surface area (Å²) in [7, 11) is 0. The van der Waals surface area contributed by atoms with E-state index in [4.69, 9.17) is 4.42 Å². The van der Waals surface area contributed by atoms with Gasteiger partial charge in [-0.3, -0.25) is 0 Å². The molecule has 206 valence electrons. The molecule has 0 saturated carbocycles. The molecule has 0 fully saturated rings. The molecule has 0 aliphatic heterocycles. The molecule has 1 aromatic heterocycles. The lowest BCUT2D eigenvalue weighted by molar-refractivity contribution is 0.669. The summed E-state index contributed by atoms with van der Waals surface area (Å²) in [6, 6.07) is 50.6. The highest BCUT2D eigenvalue weighted by Crippen LogP contribution is 2.41. The van der Waals surface area contributed by atoms with Gasteiger partial charge in [0, 0.05) is 44.9 Å². The van der Waals surface area contributed by atoms with E-state index < -0.39 is 0 Å². The Morgan fingerprint density at radius 3 is 1.21 bits per heavy atom. The van der Waals surface area contributed by atoms with Crippen LogP contribution in [-0.4, -0.2) is 0 Å². The van der Waals surface area contributed by atoms with Crippen LogP contribution in [-0.2, 0) is 0 Å². The Bertz CT molecular complexity index is 1930. The summed E-state index contributed by atoms with van der Waals surface area (Å²) in [4.78, 5) is 4.54. The average Bonchev–Trinajstić information content (AvgIpc) is 3.44. The van der Waals surface area contributed by atoms with Gasteiger partial charge in [-0.15, -0.1) is 0 Å². The minimum atomic E-state index is 0.851. The molecule has 0 amide bonds. The first-order valence-electron chi connectivity index (χ1n) is 14.3. The van der Waals surface area contributed by atoms with Gasteiger partial charge >= 0.3 is 0 Å². The molecule has 0 aliphatic rings. The zero-order valence-corrected chi connectivity index (χ0v) is 23.7. The van der Waals surface area contributed by atoms with Crippen molar-refractivity contribution in [3.8, 4) is 0 Å². The van der Waals surface area contributed by atoms with Crippen molar-refractivity contribution in [1.82, 2.24) is 0 Å². The average molecular weight is 555 g/mol. The lowest BCUT2D eigenvalue weighted by Gasteiger charge is -2.26. The van der Waals surface area contributed by atoms with Crippen molar-refractivity contribution in [3.05, 3.63) is 170 Å². The number of benzene rings is 6. The molecule has 0 N–H and O–H groups in total. The van der Waals surface area contributed by atoms with Crippen molar-refractivity contribution in [1.29, 1.82) is 0 Å². The maximum atomic E-state index is 6.35. The van der Waals surface area contributed by atoms with Crippen LogP contribution in [0.25, 0.3) is 34.1 Å². The van der Waals surface area contributed by atoms with E-state index in [1.54, 1.807) is 0 Å². The van der Waals surface area contributed by atoms with Crippen LogP contribution in [0.5, 0.6) is 0 Å². The van der Waals surface area contributed by atoms with E-state index in [1.165, 1.54) is 0 Å². The van der Waals surface area contributed by atoms with E-state index in [0.717, 1.165) is 67.2 Å². The van der Waals surface area contributed by atoms with Crippen molar-refractivity contribution in [2.45, 2.75) is 0 Å². The van der Waals surface area contributed by atoms with Crippen LogP contribution in [0.3, 0.4) is 0 Å². The van der Waals surface area contributed by atoms with Crippen LogP contribution in [0.15, 0.2) is 163 Å². The molecule has 0 aliphatic carbocycles. The van der Waals surface area contributed by atoms with Crippen LogP contribution in [0.4, 0.5) is 34.1 Å². The predicted octanol–water partition coefficient (Wildman–Crippen LogP) is 11.8. The van der Waals surface area contributed by atoms with E-state index in [-0.39, 0.29) is 0 Å². The Kier molecular flexibility index (Phi) is 6.82. The first-order chi connectivity index (χ1) is 21.2. The fourth-order valence-electron chi connectivity index (χ4n) is 5.66. The van der Waals surface area contributed by atoms with Crippen LogP contribution in [0, 0.1) is 0 Å². The maximum absolute atomic E-state index is 6.35. The Balaban J connectivity index is 1.41. The number of nitrogens with zero attached hydrogens (tertiary/aromatic N) is 2. The third kappa shape index (κ3) is 4.98. The van der Waals surface area contributed by atoms with E-state index in [1.807, 2.05) is 24.3 Å². The maximum Gasteiger partial charge on any atom is 0.135 e. The van der Waals surface area contributed by atoms with Gasteiger partial charge in [0.1, 0.15) is 11.2 Å². The van der Waals surface area contributed by atoms with Gasteiger partial charge in [-0.05, 0) is 96.1 Å². The monoisotopic (exact) mass is 554 g/mol. The Hall–Kier alpha value is -5.80. The molecule has 6 aromatic carbocycles. The van der Waals surface area contributed by atoms with Crippen molar-refractivity contribution in [3.63, 3.8) is 0 Å². The molecule has 3 nitrogen and oxygen atoms in total. The van der Waals surface area contributed by atoms with Gasteiger partial charge in [-0.2, -0.15) is 0 Å². The molecule has 1 heterocycles. The van der Waals surface area contributed by atoms with E-state index in [9.17, 15) is 0 Å². The second kappa shape index (κ2) is 11.2. The third-order valence-electron chi connectivity index (χ3n) is 7.71. The molecule has 0 atom stereocenters. The first-order valence-corrected chi connectivity index (χ1v) is 14.3. The number of para-hydroxylation sites is 2. The van der Waals surface area contributed by atoms with Crippen LogP contribution < -0.4 is 9.80 Å². The third-order valence-corrected chi connectivity index (χ3v) is 7.71. The SMILES string of the molecule is C=Cc1cccc(N(c2ccccc2)c2ccc3oc4ccc(N(c5ccccc5)c5cccc(C=C)c5)cc4c3c2)c1. The molecule has 7 aromatic rings. The molecule has 0 bridgehead atoms. The second-order valence-corrected chi connectivity index (χ2v) is 10.4. The van der Waals surface area contributed by atoms with Gasteiger partial charge in [0.25, 0.3) is 0 Å². The molecule has 0 spiro atoms. The Morgan fingerprint density at radius 1 is 0.395 bits per heavy atom. The number of hydrogen-bond donors (Lipinski definition) is 0. The Labute approximate surface area is 251 Å². The highest BCUT2D eigenvalue weighted by Gasteiger charge is 2.18. The van der Waals surface area contributed by atoms with Crippen molar-refractivity contribution in [2.24, 2.45) is 0 Å². The highest BCUT2D eigenvalue weighted by molar-refractivity contribution is 6.08. The molecule has 7 rings (SSSR count). The summed E-state index contributed by atoms with van der Waals surface area (Å²) in [5.41, 5.74) is 10.2. The molecule has 0 unspecified atom stereocenters. The lowest BCUT2D eigenvalue weighted by atomic mass is 10.1. The minimum Gasteiger partial charge on any atom is -0.456 e. The number of anilines is 6. The summed E-state index contributed by atoms with van der Waals surface area (Å²) in [6.07, 6.45) is 3.76. The van der Waals surface area contributed by atoms with Gasteiger partial charge in [0.15, 0.2) is 0 Å². The molecule has 3 heteroatoms. The first kappa shape index (κ1) is 26.1. The van der Waals surface area contributed by atoms with Crippen LogP contribution >= 0.6 is 0 Å². The highest BCUT2D eigenvalue weighted by atomic mass is 16.3. The van der Waals surface area contributed by atoms with Gasteiger partial charge in [-0.25, -0.2) is 0 Å². The lowest BCUT2D eigenvalue weighted by Crippen LogP contribution is -2.10. The van der Waals surface area contributed by atoms with Gasteiger partial charge in [0.2, 0.25) is 0 Å². The number of hydrogen-bond acceptors (Lipinski definition) is 3. The summed E-state index contributed by atoms with van der Waals surface area (Å²) in [5.74, 6) is 0. The van der Waals surface area contributed by atoms with Gasteiger partial charge in [-0.1, -0.05) is 86.0 Å². The summed E-state index contributed by atoms with van der Waals surface area (Å²) < 4.78 is 6.35. The summed E-state index contributed by atoms with van der Waals surface area (Å²) in [5, 5.41) is 2.12. The van der Waals surface area contributed by atoms with Crippen molar-refractivity contribution in [2.75, 3.05) is 9.80 Å². The molecule has 43 heavy (non-hydrogen) atoms. The zero-order valence-electron chi connectivity index (χ0n) is 23.7. The van der Waals surface area contributed by atoms with E-state index >= 15 is 0 Å². The fraction of sp³-hybridized carbons (Fsp3) is 0. The molecule has 0 saturated heterocycles. The largest absolute Gasteiger partial charge is 0.456 e. The molecular weight excluding hydrogens is 524 g/mol. The molecular formula is C40H30N2O. The van der Waals surface area contributed by atoms with E-state index in [0.29, 0.717) is 0 Å². The fourth-order valence-corrected chi connectivity index (χ4v) is 5.66. The second-order valence-electron chi connectivity index (χ2n) is 10.4. The quantitative estimate of drug-likeness (QED) is 0.186. The number of rotatable bonds is 8. The summed E-state index contributed by atoms with van der Waals surface area (Å²) >= 11 is 0. The standard InChI is InChI=1S/C40H30N2O/c1-3-29-13-11-19-33(25-29)41(31-15-7-5-8-16-31)35-21-23-39-37(27-35)38-28-36(22-24-40(38)43-39)42(32-17-9-6-10-18-32)34-20-12-14-30(4-2)26-34/h3-28H,1-2H2. The topological polar surface area (TPSA) is 19.6 Å². The number of furan rings is 1. The van der Waals surface area contributed by atoms with Gasteiger partial charge < -0.3 is 14.2 Å². The predicted molar refractivity (Wildman–Crippen MR) is 183 cm³/mol. The van der Waals surface area contributed by atoms with Crippen molar-refractivity contribution >= 4 is 68.2 Å². The molecule has 0 radical (unpaired) electrons.